The molecule has 0 aliphatic rings. The molecule has 35 heavy (non-hydrogen) atoms. The van der Waals surface area contributed by atoms with Crippen LogP contribution in [0, 0.1) is 0 Å². The summed E-state index contributed by atoms with van der Waals surface area (Å²) < 4.78 is 30.7. The molecule has 0 heterocycles. The zero-order valence-corrected chi connectivity index (χ0v) is 21.5. The van der Waals surface area contributed by atoms with E-state index in [4.69, 9.17) is 34.2 Å². The molecule has 2 atom stereocenters. The molecular weight excluding hydrogens is 462 g/mol. The van der Waals surface area contributed by atoms with E-state index in [-0.39, 0.29) is 24.5 Å². The Morgan fingerprint density at radius 2 is 1.40 bits per heavy atom. The molecule has 0 radical (unpaired) electrons. The van der Waals surface area contributed by atoms with Crippen LogP contribution < -0.4 is 15.2 Å². The van der Waals surface area contributed by atoms with Gasteiger partial charge in [-0.05, 0) is 72.6 Å². The Morgan fingerprint density at radius 3 is 1.89 bits per heavy atom. The highest BCUT2D eigenvalue weighted by Crippen LogP contribution is 2.31. The number of benzene rings is 1. The predicted molar refractivity (Wildman–Crippen MR) is 124 cm³/mol. The third-order valence-corrected chi connectivity index (χ3v) is 3.77. The topological polar surface area (TPSA) is 150 Å². The van der Waals surface area contributed by atoms with Gasteiger partial charge in [0.1, 0.15) is 30.0 Å². The molecule has 1 aromatic carbocycles. The van der Waals surface area contributed by atoms with Crippen molar-refractivity contribution in [3.8, 4) is 11.5 Å². The summed E-state index contributed by atoms with van der Waals surface area (Å²) in [5, 5.41) is 0. The number of hydrogen-bond donors (Lipinski definition) is 1. The first kappa shape index (κ1) is 29.7. The minimum Gasteiger partial charge on any atom is -0.462 e. The summed E-state index contributed by atoms with van der Waals surface area (Å²) in [6.07, 6.45) is -2.70. The highest BCUT2D eigenvalue weighted by molar-refractivity contribution is 5.76. The summed E-state index contributed by atoms with van der Waals surface area (Å²) in [5.74, 6) is -1.44. The molecule has 11 nitrogen and oxygen atoms in total. The Morgan fingerprint density at radius 1 is 0.886 bits per heavy atom. The van der Waals surface area contributed by atoms with Gasteiger partial charge in [-0.15, -0.1) is 0 Å². The highest BCUT2D eigenvalue weighted by Gasteiger charge is 2.25. The van der Waals surface area contributed by atoms with E-state index in [2.05, 4.69) is 0 Å². The lowest BCUT2D eigenvalue weighted by atomic mass is 10.1. The van der Waals surface area contributed by atoms with Gasteiger partial charge in [0.2, 0.25) is 0 Å². The summed E-state index contributed by atoms with van der Waals surface area (Å²) in [4.78, 5) is 47.5. The molecule has 0 aliphatic carbocycles. The number of rotatable bonds is 8. The van der Waals surface area contributed by atoms with Gasteiger partial charge in [0.25, 0.3) is 0 Å². The molecular formula is C24H35NO10. The smallest absolute Gasteiger partial charge is 0.462 e. The monoisotopic (exact) mass is 497 g/mol. The molecule has 11 heteroatoms. The molecule has 0 aromatic heterocycles. The number of carbonyl (C=O) groups is 4. The first-order chi connectivity index (χ1) is 15.9. The van der Waals surface area contributed by atoms with Crippen LogP contribution in [-0.2, 0) is 35.0 Å². The second-order valence-corrected chi connectivity index (χ2v) is 9.77. The largest absolute Gasteiger partial charge is 0.514 e. The first-order valence-electron chi connectivity index (χ1n) is 11.0. The second-order valence-electron chi connectivity index (χ2n) is 9.77. The zero-order chi connectivity index (χ0) is 27.0. The average Bonchev–Trinajstić information content (AvgIpc) is 2.65. The maximum absolute atomic E-state index is 12.3. The van der Waals surface area contributed by atoms with Crippen molar-refractivity contribution < 1.29 is 47.6 Å². The highest BCUT2D eigenvalue weighted by atomic mass is 16.8. The molecule has 0 amide bonds. The van der Waals surface area contributed by atoms with Crippen molar-refractivity contribution in [1.82, 2.24) is 0 Å². The molecule has 2 N–H and O–H groups in total. The number of nitrogens with two attached hydrogens (primary N) is 1. The molecule has 0 bridgehead atoms. The van der Waals surface area contributed by atoms with E-state index >= 15 is 0 Å². The van der Waals surface area contributed by atoms with Gasteiger partial charge >= 0.3 is 24.2 Å². The third-order valence-electron chi connectivity index (χ3n) is 3.77. The summed E-state index contributed by atoms with van der Waals surface area (Å²) in [6.45, 7) is 12.7. The van der Waals surface area contributed by atoms with E-state index in [0.29, 0.717) is 5.56 Å². The quantitative estimate of drug-likeness (QED) is 0.318. The second kappa shape index (κ2) is 12.4. The van der Waals surface area contributed by atoms with Crippen LogP contribution >= 0.6 is 0 Å². The minimum atomic E-state index is -1.07. The fourth-order valence-corrected chi connectivity index (χ4v) is 2.46. The maximum Gasteiger partial charge on any atom is 0.514 e. The van der Waals surface area contributed by atoms with Gasteiger partial charge in [-0.3, -0.25) is 9.59 Å². The van der Waals surface area contributed by atoms with Gasteiger partial charge in [-0.2, -0.15) is 0 Å². The summed E-state index contributed by atoms with van der Waals surface area (Å²) in [6, 6.07) is 3.23. The Hall–Kier alpha value is -3.34. The maximum atomic E-state index is 12.3. The third kappa shape index (κ3) is 12.6. The van der Waals surface area contributed by atoms with Crippen LogP contribution in [-0.4, -0.2) is 54.2 Å². The van der Waals surface area contributed by atoms with E-state index < -0.39 is 47.6 Å². The van der Waals surface area contributed by atoms with Crippen molar-refractivity contribution >= 4 is 24.2 Å². The van der Waals surface area contributed by atoms with Crippen LogP contribution in [0.1, 0.15) is 61.0 Å². The van der Waals surface area contributed by atoms with Crippen molar-refractivity contribution in [2.75, 3.05) is 6.61 Å². The van der Waals surface area contributed by atoms with E-state index in [1.807, 2.05) is 0 Å². The molecule has 0 aliphatic heterocycles. The lowest BCUT2D eigenvalue weighted by Crippen LogP contribution is -2.37. The Labute approximate surface area is 205 Å². The van der Waals surface area contributed by atoms with Crippen LogP contribution in [0.2, 0.25) is 0 Å². The molecule has 0 unspecified atom stereocenters. The van der Waals surface area contributed by atoms with Crippen molar-refractivity contribution in [2.45, 2.75) is 85.2 Å². The van der Waals surface area contributed by atoms with Gasteiger partial charge in [0.15, 0.2) is 11.5 Å². The van der Waals surface area contributed by atoms with Crippen LogP contribution in [0.25, 0.3) is 0 Å². The van der Waals surface area contributed by atoms with Crippen LogP contribution in [0.15, 0.2) is 18.2 Å². The first-order valence-corrected chi connectivity index (χ1v) is 11.0. The van der Waals surface area contributed by atoms with Crippen LogP contribution in [0.5, 0.6) is 11.5 Å². The van der Waals surface area contributed by atoms with E-state index in [9.17, 15) is 19.2 Å². The standard InChI is InChI=1S/C24H35NO10/c1-14(13-30-15(2)26)31-20(27)17(25)11-16-9-10-18(32-21(28)34-23(3,4)5)19(12-16)33-22(29)35-24(6,7)8/h9-10,12,14,17H,11,13,25H2,1-8H3/t14-,17+/m1/s1. The average molecular weight is 498 g/mol. The SMILES string of the molecule is CC(=O)OC[C@@H](C)OC(=O)[C@@H](N)Cc1ccc(OC(=O)OC(C)(C)C)c(OC(=O)OC(C)(C)C)c1. The summed E-state index contributed by atoms with van der Waals surface area (Å²) >= 11 is 0. The summed E-state index contributed by atoms with van der Waals surface area (Å²) in [7, 11) is 0. The van der Waals surface area contributed by atoms with Gasteiger partial charge in [0.05, 0.1) is 0 Å². The van der Waals surface area contributed by atoms with Crippen molar-refractivity contribution in [3.05, 3.63) is 23.8 Å². The van der Waals surface area contributed by atoms with Gasteiger partial charge in [-0.25, -0.2) is 9.59 Å². The van der Waals surface area contributed by atoms with Crippen molar-refractivity contribution in [2.24, 2.45) is 5.73 Å². The Kier molecular flexibility index (Phi) is 10.5. The van der Waals surface area contributed by atoms with Crippen molar-refractivity contribution in [3.63, 3.8) is 0 Å². The normalized spacial score (nSPS) is 13.2. The molecule has 0 saturated heterocycles. The molecule has 1 aromatic rings. The van der Waals surface area contributed by atoms with E-state index in [1.165, 1.54) is 25.1 Å². The molecule has 196 valence electrons. The van der Waals surface area contributed by atoms with Crippen molar-refractivity contribution in [1.29, 1.82) is 0 Å². The van der Waals surface area contributed by atoms with Crippen LogP contribution in [0.3, 0.4) is 0 Å². The fourth-order valence-electron chi connectivity index (χ4n) is 2.46. The van der Waals surface area contributed by atoms with Crippen LogP contribution in [0.4, 0.5) is 9.59 Å². The van der Waals surface area contributed by atoms with Gasteiger partial charge in [0, 0.05) is 6.92 Å². The summed E-state index contributed by atoms with van der Waals surface area (Å²) in [5.41, 5.74) is 4.81. The number of esters is 2. The molecule has 0 spiro atoms. The molecule has 0 saturated carbocycles. The lowest BCUT2D eigenvalue weighted by molar-refractivity contribution is -0.157. The fraction of sp³-hybridized carbons (Fsp3) is 0.583. The molecule has 0 fully saturated rings. The Bertz CT molecular complexity index is 914. The zero-order valence-electron chi connectivity index (χ0n) is 21.5. The molecule has 1 rings (SSSR count). The lowest BCUT2D eigenvalue weighted by Gasteiger charge is -2.21. The Balaban J connectivity index is 3.01. The van der Waals surface area contributed by atoms with Gasteiger partial charge in [-0.1, -0.05) is 6.07 Å². The number of hydrogen-bond acceptors (Lipinski definition) is 11. The van der Waals surface area contributed by atoms with E-state index in [1.54, 1.807) is 48.5 Å². The number of ether oxygens (including phenoxy) is 6. The predicted octanol–water partition coefficient (Wildman–Crippen LogP) is 3.68. The minimum absolute atomic E-state index is 0.0104. The number of carbonyl (C=O) groups excluding carboxylic acids is 4. The van der Waals surface area contributed by atoms with E-state index in [0.717, 1.165) is 0 Å². The van der Waals surface area contributed by atoms with Gasteiger partial charge < -0.3 is 34.2 Å².